The summed E-state index contributed by atoms with van der Waals surface area (Å²) in [5.74, 6) is 0. The number of hydrogen-bond donors (Lipinski definition) is 0. The monoisotopic (exact) mass is 462 g/mol. The minimum absolute atomic E-state index is 0.0886. The second-order valence-corrected chi connectivity index (χ2v) is 9.63. The van der Waals surface area contributed by atoms with Crippen molar-refractivity contribution in [3.05, 3.63) is 119 Å². The first-order chi connectivity index (χ1) is 17.2. The summed E-state index contributed by atoms with van der Waals surface area (Å²) in [6.07, 6.45) is 0.369. The molecule has 2 heterocycles. The third-order valence-corrected chi connectivity index (χ3v) is 6.99. The molecule has 4 aromatic carbocycles. The van der Waals surface area contributed by atoms with E-state index in [9.17, 15) is 0 Å². The maximum Gasteiger partial charge on any atom is 0.112 e. The molecule has 0 radical (unpaired) electrons. The Bertz CT molecular complexity index is 1210. The average Bonchev–Trinajstić information content (AvgIpc) is 3.82. The Labute approximate surface area is 207 Å². The SMILES string of the molecule is Cc1ccc(-c2ccccc2C2OC2COCC2OC2c2ccccc2-c2ccc(C)cc2)cc1. The summed E-state index contributed by atoms with van der Waals surface area (Å²) in [6.45, 7) is 5.39. The summed E-state index contributed by atoms with van der Waals surface area (Å²) in [6, 6.07) is 34.4. The molecule has 176 valence electrons. The van der Waals surface area contributed by atoms with Gasteiger partial charge in [-0.05, 0) is 47.2 Å². The molecule has 2 saturated heterocycles. The molecule has 0 aliphatic carbocycles. The van der Waals surface area contributed by atoms with Crippen molar-refractivity contribution in [2.45, 2.75) is 38.3 Å². The number of aryl methyl sites for hydroxylation is 2. The van der Waals surface area contributed by atoms with Crippen LogP contribution in [-0.4, -0.2) is 25.4 Å². The predicted octanol–water partition coefficient (Wildman–Crippen LogP) is 7.23. The van der Waals surface area contributed by atoms with E-state index >= 15 is 0 Å². The summed E-state index contributed by atoms with van der Waals surface area (Å²) in [5.41, 5.74) is 9.92. The van der Waals surface area contributed by atoms with Gasteiger partial charge in [-0.1, -0.05) is 108 Å². The smallest absolute Gasteiger partial charge is 0.112 e. The van der Waals surface area contributed by atoms with Crippen LogP contribution >= 0.6 is 0 Å². The molecule has 3 nitrogen and oxygen atoms in total. The van der Waals surface area contributed by atoms with Crippen LogP contribution in [0.25, 0.3) is 22.3 Å². The van der Waals surface area contributed by atoms with Crippen molar-refractivity contribution >= 4 is 0 Å². The maximum atomic E-state index is 6.06. The molecule has 2 aliphatic heterocycles. The zero-order valence-corrected chi connectivity index (χ0v) is 20.2. The molecule has 4 atom stereocenters. The number of benzene rings is 4. The predicted molar refractivity (Wildman–Crippen MR) is 139 cm³/mol. The van der Waals surface area contributed by atoms with Gasteiger partial charge in [0.2, 0.25) is 0 Å². The molecule has 0 N–H and O–H groups in total. The molecular formula is C32H30O3. The largest absolute Gasteiger partial charge is 0.376 e. The molecule has 4 aromatic rings. The molecule has 6 rings (SSSR count). The first kappa shape index (κ1) is 22.2. The Balaban J connectivity index is 1.05. The fourth-order valence-electron chi connectivity index (χ4n) is 4.87. The summed E-state index contributed by atoms with van der Waals surface area (Å²) in [7, 11) is 0. The summed E-state index contributed by atoms with van der Waals surface area (Å²) >= 11 is 0. The molecule has 3 heteroatoms. The Morgan fingerprint density at radius 3 is 1.37 bits per heavy atom. The highest BCUT2D eigenvalue weighted by Crippen LogP contribution is 2.45. The topological polar surface area (TPSA) is 34.3 Å². The normalized spacial score (nSPS) is 22.7. The van der Waals surface area contributed by atoms with Gasteiger partial charge in [-0.15, -0.1) is 0 Å². The summed E-state index contributed by atoms with van der Waals surface area (Å²) in [5, 5.41) is 0. The second kappa shape index (κ2) is 9.43. The molecule has 0 bridgehead atoms. The van der Waals surface area contributed by atoms with Crippen molar-refractivity contribution < 1.29 is 14.2 Å². The van der Waals surface area contributed by atoms with E-state index in [-0.39, 0.29) is 24.4 Å². The molecular weight excluding hydrogens is 432 g/mol. The van der Waals surface area contributed by atoms with Crippen LogP contribution in [0, 0.1) is 13.8 Å². The molecule has 0 spiro atoms. The van der Waals surface area contributed by atoms with E-state index in [1.54, 1.807) is 0 Å². The van der Waals surface area contributed by atoms with E-state index in [2.05, 4.69) is 111 Å². The third-order valence-electron chi connectivity index (χ3n) is 6.99. The van der Waals surface area contributed by atoms with Crippen molar-refractivity contribution in [3.8, 4) is 22.3 Å². The highest BCUT2D eigenvalue weighted by atomic mass is 16.6. The van der Waals surface area contributed by atoms with Crippen molar-refractivity contribution in [1.82, 2.24) is 0 Å². The van der Waals surface area contributed by atoms with Crippen molar-refractivity contribution in [1.29, 1.82) is 0 Å². The minimum atomic E-state index is 0.0886. The number of hydrogen-bond acceptors (Lipinski definition) is 3. The fraction of sp³-hybridized carbons (Fsp3) is 0.250. The summed E-state index contributed by atoms with van der Waals surface area (Å²) in [4.78, 5) is 0. The van der Waals surface area contributed by atoms with Gasteiger partial charge >= 0.3 is 0 Å². The van der Waals surface area contributed by atoms with Gasteiger partial charge in [-0.25, -0.2) is 0 Å². The van der Waals surface area contributed by atoms with Gasteiger partial charge in [0.1, 0.15) is 24.4 Å². The quantitative estimate of drug-likeness (QED) is 0.259. The van der Waals surface area contributed by atoms with Crippen LogP contribution in [0.1, 0.15) is 34.5 Å². The molecule has 4 unspecified atom stereocenters. The van der Waals surface area contributed by atoms with Crippen LogP contribution in [0.15, 0.2) is 97.1 Å². The van der Waals surface area contributed by atoms with E-state index < -0.39 is 0 Å². The van der Waals surface area contributed by atoms with Crippen LogP contribution in [0.3, 0.4) is 0 Å². The minimum Gasteiger partial charge on any atom is -0.376 e. The molecule has 0 aromatic heterocycles. The van der Waals surface area contributed by atoms with Crippen molar-refractivity contribution in [2.75, 3.05) is 13.2 Å². The highest BCUT2D eigenvalue weighted by Gasteiger charge is 2.44. The lowest BCUT2D eigenvalue weighted by Gasteiger charge is -2.09. The lowest BCUT2D eigenvalue weighted by atomic mass is 9.96. The summed E-state index contributed by atoms with van der Waals surface area (Å²) < 4.78 is 18.1. The van der Waals surface area contributed by atoms with E-state index in [1.165, 1.54) is 44.5 Å². The van der Waals surface area contributed by atoms with E-state index in [4.69, 9.17) is 14.2 Å². The average molecular weight is 463 g/mol. The molecule has 2 aliphatic rings. The van der Waals surface area contributed by atoms with Gasteiger partial charge in [0.05, 0.1) is 13.2 Å². The second-order valence-electron chi connectivity index (χ2n) is 9.63. The lowest BCUT2D eigenvalue weighted by Crippen LogP contribution is -2.08. The van der Waals surface area contributed by atoms with Crippen LogP contribution in [0.5, 0.6) is 0 Å². The zero-order valence-electron chi connectivity index (χ0n) is 20.2. The van der Waals surface area contributed by atoms with Gasteiger partial charge in [0.25, 0.3) is 0 Å². The first-order valence-electron chi connectivity index (χ1n) is 12.4. The van der Waals surface area contributed by atoms with E-state index in [1.807, 2.05) is 0 Å². The number of epoxide rings is 2. The Kier molecular flexibility index (Phi) is 5.99. The number of ether oxygens (including phenoxy) is 3. The molecule has 35 heavy (non-hydrogen) atoms. The third kappa shape index (κ3) is 4.81. The van der Waals surface area contributed by atoms with Crippen molar-refractivity contribution in [2.24, 2.45) is 0 Å². The molecule has 0 amide bonds. The Morgan fingerprint density at radius 2 is 0.943 bits per heavy atom. The van der Waals surface area contributed by atoms with Crippen LogP contribution in [0.2, 0.25) is 0 Å². The van der Waals surface area contributed by atoms with Gasteiger partial charge in [-0.2, -0.15) is 0 Å². The van der Waals surface area contributed by atoms with Gasteiger partial charge in [-0.3, -0.25) is 0 Å². The van der Waals surface area contributed by atoms with Crippen LogP contribution in [-0.2, 0) is 14.2 Å². The van der Waals surface area contributed by atoms with E-state index in [0.29, 0.717) is 13.2 Å². The standard InChI is InChI=1S/C32H30O3/c1-21-11-15-23(16-12-21)25-7-3-5-9-27(25)31-29(34-31)19-33-20-30-32(35-30)28-10-6-4-8-26(28)24-17-13-22(2)14-18-24/h3-18,29-32H,19-20H2,1-2H3. The Hall–Kier alpha value is -3.24. The van der Waals surface area contributed by atoms with Gasteiger partial charge in [0, 0.05) is 0 Å². The maximum absolute atomic E-state index is 6.06. The van der Waals surface area contributed by atoms with Crippen LogP contribution < -0.4 is 0 Å². The van der Waals surface area contributed by atoms with Crippen molar-refractivity contribution in [3.63, 3.8) is 0 Å². The van der Waals surface area contributed by atoms with Gasteiger partial charge < -0.3 is 14.2 Å². The fourth-order valence-corrected chi connectivity index (χ4v) is 4.87. The highest BCUT2D eigenvalue weighted by molar-refractivity contribution is 5.69. The Morgan fingerprint density at radius 1 is 0.543 bits per heavy atom. The lowest BCUT2D eigenvalue weighted by molar-refractivity contribution is 0.102. The van der Waals surface area contributed by atoms with Crippen LogP contribution in [0.4, 0.5) is 0 Å². The zero-order chi connectivity index (χ0) is 23.8. The van der Waals surface area contributed by atoms with Gasteiger partial charge in [0.15, 0.2) is 0 Å². The molecule has 0 saturated carbocycles. The first-order valence-corrected chi connectivity index (χ1v) is 12.4. The number of rotatable bonds is 8. The van der Waals surface area contributed by atoms with E-state index in [0.717, 1.165) is 0 Å². The molecule has 2 fully saturated rings.